The van der Waals surface area contributed by atoms with Crippen molar-refractivity contribution in [2.24, 2.45) is 10.8 Å². The number of hydrogen-bond donors (Lipinski definition) is 2. The summed E-state index contributed by atoms with van der Waals surface area (Å²) in [6, 6.07) is 5.76. The molecular formula is C27H36O8. The fourth-order valence-electron chi connectivity index (χ4n) is 3.73. The average Bonchev–Trinajstić information content (AvgIpc) is 2.72. The highest BCUT2D eigenvalue weighted by Gasteiger charge is 2.27. The molecule has 0 saturated heterocycles. The molecule has 0 saturated carbocycles. The summed E-state index contributed by atoms with van der Waals surface area (Å²) >= 11 is 0. The second-order valence-electron chi connectivity index (χ2n) is 10.4. The van der Waals surface area contributed by atoms with Crippen LogP contribution in [0.3, 0.4) is 0 Å². The molecule has 2 aromatic heterocycles. The van der Waals surface area contributed by atoms with Crippen molar-refractivity contribution in [3.8, 4) is 0 Å². The Balaban J connectivity index is 1.92. The third kappa shape index (κ3) is 9.19. The fourth-order valence-corrected chi connectivity index (χ4v) is 3.73. The van der Waals surface area contributed by atoms with Crippen LogP contribution in [0.5, 0.6) is 0 Å². The lowest BCUT2D eigenvalue weighted by Crippen LogP contribution is -2.23. The first-order valence-electron chi connectivity index (χ1n) is 12.0. The molecule has 35 heavy (non-hydrogen) atoms. The van der Waals surface area contributed by atoms with Crippen molar-refractivity contribution < 1.29 is 28.6 Å². The third-order valence-corrected chi connectivity index (χ3v) is 6.19. The minimum Gasteiger partial charge on any atom is -0.481 e. The predicted octanol–water partition coefficient (Wildman–Crippen LogP) is 4.64. The van der Waals surface area contributed by atoms with Crippen LogP contribution in [0.15, 0.2) is 42.7 Å². The van der Waals surface area contributed by atoms with E-state index in [1.807, 2.05) is 0 Å². The fraction of sp³-hybridized carbons (Fsp3) is 0.556. The summed E-state index contributed by atoms with van der Waals surface area (Å²) in [6.07, 6.45) is 4.68. The maximum atomic E-state index is 12.1. The molecule has 0 aliphatic heterocycles. The Morgan fingerprint density at radius 2 is 0.914 bits per heavy atom. The van der Waals surface area contributed by atoms with E-state index in [2.05, 4.69) is 0 Å². The van der Waals surface area contributed by atoms with E-state index in [0.717, 1.165) is 0 Å². The van der Waals surface area contributed by atoms with Gasteiger partial charge in [-0.25, -0.2) is 0 Å². The van der Waals surface area contributed by atoms with Gasteiger partial charge in [-0.2, -0.15) is 0 Å². The van der Waals surface area contributed by atoms with Crippen LogP contribution in [0.25, 0.3) is 0 Å². The van der Waals surface area contributed by atoms with E-state index in [-0.39, 0.29) is 10.9 Å². The van der Waals surface area contributed by atoms with Crippen molar-refractivity contribution in [1.82, 2.24) is 0 Å². The average molecular weight is 489 g/mol. The van der Waals surface area contributed by atoms with Crippen molar-refractivity contribution in [2.45, 2.75) is 85.5 Å². The van der Waals surface area contributed by atoms with Gasteiger partial charge in [-0.3, -0.25) is 19.2 Å². The zero-order chi connectivity index (χ0) is 26.2. The van der Waals surface area contributed by atoms with E-state index in [9.17, 15) is 29.4 Å². The SMILES string of the molecule is CC(C)(CCCc1cc(=O)cc(CCCc2cc(=O)cc(CCCC(C)(C)C(=O)O)o2)o1)C(=O)O. The summed E-state index contributed by atoms with van der Waals surface area (Å²) in [5.74, 6) is 0.442. The molecule has 2 rings (SSSR count). The monoisotopic (exact) mass is 488 g/mol. The Morgan fingerprint density at radius 3 is 1.20 bits per heavy atom. The van der Waals surface area contributed by atoms with E-state index < -0.39 is 22.8 Å². The molecule has 2 N–H and O–H groups in total. The Bertz CT molecular complexity index is 1050. The lowest BCUT2D eigenvalue weighted by atomic mass is 9.87. The minimum absolute atomic E-state index is 0.156. The van der Waals surface area contributed by atoms with E-state index in [0.29, 0.717) is 80.8 Å². The number of carbonyl (C=O) groups is 2. The molecule has 0 spiro atoms. The van der Waals surface area contributed by atoms with Crippen LogP contribution in [0.1, 0.15) is 82.8 Å². The topological polar surface area (TPSA) is 135 Å². The van der Waals surface area contributed by atoms with Crippen LogP contribution in [0, 0.1) is 10.8 Å². The lowest BCUT2D eigenvalue weighted by molar-refractivity contribution is -0.148. The van der Waals surface area contributed by atoms with Gasteiger partial charge < -0.3 is 19.0 Å². The molecule has 0 aromatic carbocycles. The molecule has 0 bridgehead atoms. The smallest absolute Gasteiger partial charge is 0.309 e. The zero-order valence-electron chi connectivity index (χ0n) is 21.0. The summed E-state index contributed by atoms with van der Waals surface area (Å²) in [4.78, 5) is 46.6. The van der Waals surface area contributed by atoms with Gasteiger partial charge in [-0.1, -0.05) is 0 Å². The van der Waals surface area contributed by atoms with Gasteiger partial charge in [-0.15, -0.1) is 0 Å². The molecule has 0 unspecified atom stereocenters. The molecule has 2 aromatic rings. The highest BCUT2D eigenvalue weighted by molar-refractivity contribution is 5.73. The van der Waals surface area contributed by atoms with Crippen LogP contribution < -0.4 is 10.9 Å². The number of carboxylic acid groups (broad SMARTS) is 2. The van der Waals surface area contributed by atoms with Gasteiger partial charge in [0.1, 0.15) is 23.0 Å². The van der Waals surface area contributed by atoms with Crippen molar-refractivity contribution in [3.63, 3.8) is 0 Å². The number of aryl methyl sites for hydroxylation is 4. The van der Waals surface area contributed by atoms with Crippen molar-refractivity contribution in [3.05, 3.63) is 67.8 Å². The van der Waals surface area contributed by atoms with Gasteiger partial charge in [0.15, 0.2) is 10.9 Å². The normalized spacial score (nSPS) is 12.0. The van der Waals surface area contributed by atoms with Crippen LogP contribution in [-0.4, -0.2) is 22.2 Å². The minimum atomic E-state index is -0.854. The predicted molar refractivity (Wildman–Crippen MR) is 131 cm³/mol. The Hall–Kier alpha value is -3.16. The van der Waals surface area contributed by atoms with Gasteiger partial charge in [-0.05, 0) is 59.8 Å². The van der Waals surface area contributed by atoms with Crippen molar-refractivity contribution in [2.75, 3.05) is 0 Å². The number of rotatable bonds is 14. The van der Waals surface area contributed by atoms with Crippen molar-refractivity contribution in [1.29, 1.82) is 0 Å². The molecule has 0 radical (unpaired) electrons. The molecule has 8 nitrogen and oxygen atoms in total. The Labute approximate surface area is 205 Å². The first-order chi connectivity index (χ1) is 16.3. The maximum Gasteiger partial charge on any atom is 0.309 e. The zero-order valence-corrected chi connectivity index (χ0v) is 21.0. The summed E-state index contributed by atoms with van der Waals surface area (Å²) in [7, 11) is 0. The first kappa shape index (κ1) is 28.1. The number of aliphatic carboxylic acids is 2. The van der Waals surface area contributed by atoms with Crippen molar-refractivity contribution >= 4 is 11.9 Å². The molecule has 0 aliphatic carbocycles. The first-order valence-corrected chi connectivity index (χ1v) is 12.0. The molecular weight excluding hydrogens is 452 g/mol. The summed E-state index contributed by atoms with van der Waals surface area (Å²) < 4.78 is 11.7. The number of carboxylic acids is 2. The summed E-state index contributed by atoms with van der Waals surface area (Å²) in [6.45, 7) is 6.69. The van der Waals surface area contributed by atoms with E-state index in [4.69, 9.17) is 8.83 Å². The molecule has 0 fully saturated rings. The molecule has 0 aliphatic rings. The Kier molecular flexibility index (Phi) is 9.63. The summed E-state index contributed by atoms with van der Waals surface area (Å²) in [5, 5.41) is 18.4. The quantitative estimate of drug-likeness (QED) is 0.393. The second-order valence-corrected chi connectivity index (χ2v) is 10.4. The largest absolute Gasteiger partial charge is 0.481 e. The van der Waals surface area contributed by atoms with E-state index >= 15 is 0 Å². The van der Waals surface area contributed by atoms with Gasteiger partial charge >= 0.3 is 11.9 Å². The number of hydrogen-bond acceptors (Lipinski definition) is 6. The van der Waals surface area contributed by atoms with E-state index in [1.165, 1.54) is 24.3 Å². The maximum absolute atomic E-state index is 12.1. The van der Waals surface area contributed by atoms with Gasteiger partial charge in [0.05, 0.1) is 10.8 Å². The van der Waals surface area contributed by atoms with Crippen LogP contribution in [0.2, 0.25) is 0 Å². The molecule has 192 valence electrons. The Morgan fingerprint density at radius 1 is 0.629 bits per heavy atom. The molecule has 2 heterocycles. The highest BCUT2D eigenvalue weighted by atomic mass is 16.4. The summed E-state index contributed by atoms with van der Waals surface area (Å²) in [5.41, 5.74) is -1.97. The van der Waals surface area contributed by atoms with Crippen LogP contribution >= 0.6 is 0 Å². The molecule has 8 heteroatoms. The van der Waals surface area contributed by atoms with Gasteiger partial charge in [0, 0.05) is 49.9 Å². The highest BCUT2D eigenvalue weighted by Crippen LogP contribution is 2.24. The van der Waals surface area contributed by atoms with Gasteiger partial charge in [0.25, 0.3) is 0 Å². The lowest BCUT2D eigenvalue weighted by Gasteiger charge is -2.18. The third-order valence-electron chi connectivity index (χ3n) is 6.19. The van der Waals surface area contributed by atoms with Crippen LogP contribution in [0.4, 0.5) is 0 Å². The van der Waals surface area contributed by atoms with Crippen LogP contribution in [-0.2, 0) is 35.3 Å². The molecule has 0 atom stereocenters. The van der Waals surface area contributed by atoms with E-state index in [1.54, 1.807) is 27.7 Å². The second kappa shape index (κ2) is 12.0. The van der Waals surface area contributed by atoms with Gasteiger partial charge in [0.2, 0.25) is 0 Å². The molecule has 0 amide bonds. The standard InChI is InChI=1S/C27H36O8/c1-26(2,24(30)31)12-6-10-22-16-18(28)14-20(34-22)8-5-9-21-15-19(29)17-23(35-21)11-7-13-27(3,4)25(32)33/h14-17H,5-13H2,1-4H3,(H,30,31)(H,32,33).